The Morgan fingerprint density at radius 1 is 1.07 bits per heavy atom. The highest BCUT2D eigenvalue weighted by molar-refractivity contribution is 7.91. The second-order valence-electron chi connectivity index (χ2n) is 17.1. The van der Waals surface area contributed by atoms with E-state index in [9.17, 15) is 40.8 Å². The Hall–Kier alpha value is -4.61. The van der Waals surface area contributed by atoms with E-state index in [1.165, 1.54) is 4.90 Å². The number of rotatable bonds is 9. The topological polar surface area (TPSA) is 185 Å². The molecule has 0 unspecified atom stereocenters. The first-order valence-corrected chi connectivity index (χ1v) is 21.4. The first kappa shape index (κ1) is 43.0. The smallest absolute Gasteiger partial charge is 0.411 e. The van der Waals surface area contributed by atoms with Gasteiger partial charge < -0.3 is 30.3 Å². The first-order chi connectivity index (χ1) is 27.1. The van der Waals surface area contributed by atoms with Gasteiger partial charge in [-0.05, 0) is 108 Å². The molecule has 0 bridgehead atoms. The van der Waals surface area contributed by atoms with Crippen LogP contribution in [-0.4, -0.2) is 95.4 Å². The van der Waals surface area contributed by atoms with Crippen LogP contribution in [0.4, 0.5) is 18.0 Å². The van der Waals surface area contributed by atoms with Crippen LogP contribution in [0.1, 0.15) is 86.5 Å². The number of nitrogens with one attached hydrogen (secondary N) is 4. The maximum Gasteiger partial charge on any atom is 0.411 e. The van der Waals surface area contributed by atoms with Gasteiger partial charge in [0.15, 0.2) is 0 Å². The van der Waals surface area contributed by atoms with Crippen molar-refractivity contribution in [1.82, 2.24) is 30.6 Å². The fraction of sp³-hybridized carbons (Fsp3) is 0.625. The van der Waals surface area contributed by atoms with Crippen LogP contribution in [0.15, 0.2) is 42.6 Å². The number of halogens is 3. The lowest BCUT2D eigenvalue weighted by atomic mass is 9.88. The molecule has 4 aliphatic rings. The molecule has 0 spiro atoms. The molecule has 6 rings (SSSR count). The second-order valence-corrected chi connectivity index (χ2v) is 19.1. The van der Waals surface area contributed by atoms with Crippen molar-refractivity contribution < 1.29 is 50.2 Å². The minimum absolute atomic E-state index is 0.0124. The normalized spacial score (nSPS) is 29.0. The van der Waals surface area contributed by atoms with Gasteiger partial charge in [0.25, 0.3) is 5.91 Å². The molecule has 1 saturated heterocycles. The van der Waals surface area contributed by atoms with E-state index in [0.29, 0.717) is 43.2 Å². The molecule has 1 aromatic heterocycles. The number of fused-ring (bicyclic) bond motifs is 3. The van der Waals surface area contributed by atoms with Gasteiger partial charge in [0.2, 0.25) is 27.7 Å². The number of hydrogen-bond acceptors (Lipinski definition) is 9. The van der Waals surface area contributed by atoms with E-state index in [0.717, 1.165) is 19.2 Å². The van der Waals surface area contributed by atoms with Gasteiger partial charge in [-0.1, -0.05) is 26.0 Å². The van der Waals surface area contributed by atoms with Crippen molar-refractivity contribution in [2.45, 2.75) is 133 Å². The summed E-state index contributed by atoms with van der Waals surface area (Å²) >= 11 is 0. The lowest BCUT2D eigenvalue weighted by Crippen LogP contribution is -2.62. The van der Waals surface area contributed by atoms with Crippen LogP contribution < -0.4 is 30.1 Å². The van der Waals surface area contributed by atoms with Crippen molar-refractivity contribution in [3.05, 3.63) is 42.6 Å². The number of alkyl halides is 3. The van der Waals surface area contributed by atoms with Gasteiger partial charge in [0.1, 0.15) is 35.0 Å². The molecular weight excluding hydrogens is 782 g/mol. The molecular formula is C40H53F3N6O8S. The minimum atomic E-state index is -4.80. The Morgan fingerprint density at radius 3 is 2.47 bits per heavy atom. The lowest BCUT2D eigenvalue weighted by molar-refractivity contribution is -0.182. The summed E-state index contributed by atoms with van der Waals surface area (Å²) in [4.78, 5) is 61.9. The van der Waals surface area contributed by atoms with Crippen molar-refractivity contribution in [3.63, 3.8) is 0 Å². The average Bonchev–Trinajstić information content (AvgIpc) is 4.04. The predicted octanol–water partition coefficient (Wildman–Crippen LogP) is 4.87. The number of hydrogen-bond donors (Lipinski definition) is 4. The Balaban J connectivity index is 1.34. The molecule has 3 heterocycles. The highest BCUT2D eigenvalue weighted by atomic mass is 32.2. The average molecular weight is 835 g/mol. The minimum Gasteiger partial charge on any atom is -0.491 e. The van der Waals surface area contributed by atoms with E-state index < -0.39 is 86.3 Å². The van der Waals surface area contributed by atoms with Crippen molar-refractivity contribution in [1.29, 1.82) is 0 Å². The molecule has 2 aliphatic heterocycles. The fourth-order valence-corrected chi connectivity index (χ4v) is 9.12. The van der Waals surface area contributed by atoms with E-state index in [1.54, 1.807) is 37.4 Å². The summed E-state index contributed by atoms with van der Waals surface area (Å²) in [5.41, 5.74) is -4.25. The quantitative estimate of drug-likeness (QED) is 0.256. The molecule has 318 valence electrons. The Morgan fingerprint density at radius 2 is 1.79 bits per heavy atom. The molecule has 1 aromatic carbocycles. The van der Waals surface area contributed by atoms with Crippen LogP contribution in [0.2, 0.25) is 0 Å². The Labute approximate surface area is 336 Å². The number of carbonyl (C=O) groups excluding carboxylic acids is 4. The molecule has 4 N–H and O–H groups in total. The molecule has 0 radical (unpaired) electrons. The third kappa shape index (κ3) is 9.47. The fourth-order valence-electron chi connectivity index (χ4n) is 7.76. The monoisotopic (exact) mass is 834 g/mol. The van der Waals surface area contributed by atoms with Crippen molar-refractivity contribution in [2.24, 2.45) is 17.8 Å². The summed E-state index contributed by atoms with van der Waals surface area (Å²) in [5, 5.41) is 7.93. The van der Waals surface area contributed by atoms with Gasteiger partial charge in [-0.15, -0.1) is 0 Å². The molecule has 2 saturated carbocycles. The van der Waals surface area contributed by atoms with E-state index in [4.69, 9.17) is 9.47 Å². The molecule has 5 amide bonds. The number of aromatic nitrogens is 1. The van der Waals surface area contributed by atoms with Crippen LogP contribution >= 0.6 is 0 Å². The zero-order valence-corrected chi connectivity index (χ0v) is 34.3. The standard InChI is InChI=1S/C40H53F3N6O8S/c1-22(2)56-27-11-14-30-25(18-27)15-16-44-34(30)57-28-19-31-33(50)46-39(36(52)48-58(54,55)29-12-13-29)20-26(39)10-8-7-9-23(3)17-24(4)32(35(51)49(31)21-28)45-37(53)47-38(5,6)40(41,42)43/h8,10-11,14-16,18,22-24,26,28-29,31-32H,7,9,12-13,17,19-21H2,1-6H3,(H,46,50)(H,48,52)(H2,45,47,53)/b10-8-/t23-,24-,26-,28-,31+,32+,39-/m1/s1. The predicted molar refractivity (Wildman–Crippen MR) is 208 cm³/mol. The molecule has 18 heteroatoms. The number of urea groups is 1. The number of carbonyl (C=O) groups is 4. The molecule has 2 aromatic rings. The molecule has 2 aliphatic carbocycles. The SMILES string of the molecule is CC(C)Oc1ccc2c(O[C@@H]3C[C@H]4C(=O)N[C@]5(C(=O)NS(=O)(=O)C6CC6)C[C@H]5/C=C\CC[C@@H](C)C[C@@H](C)[C@H](NC(=O)NC(C)(C)C(F)(F)F)C(=O)N4C3)nccc2c1. The van der Waals surface area contributed by atoms with Crippen LogP contribution in [0.3, 0.4) is 0 Å². The Kier molecular flexibility index (Phi) is 12.0. The third-order valence-electron chi connectivity index (χ3n) is 11.4. The highest BCUT2D eigenvalue weighted by Crippen LogP contribution is 2.46. The van der Waals surface area contributed by atoms with E-state index in [2.05, 4.69) is 20.3 Å². The number of pyridine rings is 1. The number of amides is 5. The van der Waals surface area contributed by atoms with Crippen LogP contribution in [0.5, 0.6) is 11.6 Å². The van der Waals surface area contributed by atoms with Gasteiger partial charge >= 0.3 is 12.2 Å². The lowest BCUT2D eigenvalue weighted by Gasteiger charge is -2.34. The van der Waals surface area contributed by atoms with Crippen molar-refractivity contribution in [3.8, 4) is 11.6 Å². The largest absolute Gasteiger partial charge is 0.491 e. The van der Waals surface area contributed by atoms with Crippen LogP contribution in [-0.2, 0) is 24.4 Å². The van der Waals surface area contributed by atoms with E-state index >= 15 is 0 Å². The number of nitrogens with zero attached hydrogens (tertiary/aromatic N) is 2. The van der Waals surface area contributed by atoms with Crippen molar-refractivity contribution >= 4 is 44.5 Å². The summed E-state index contributed by atoms with van der Waals surface area (Å²) in [5.74, 6) is -2.65. The summed E-state index contributed by atoms with van der Waals surface area (Å²) in [6.45, 7) is 8.91. The number of sulfonamides is 1. The van der Waals surface area contributed by atoms with Gasteiger partial charge in [0, 0.05) is 23.9 Å². The summed E-state index contributed by atoms with van der Waals surface area (Å²) in [6, 6.07) is 3.28. The number of ether oxygens (including phenoxy) is 2. The van der Waals surface area contributed by atoms with Crippen LogP contribution in [0, 0.1) is 17.8 Å². The highest BCUT2D eigenvalue weighted by Gasteiger charge is 2.62. The number of benzene rings is 1. The zero-order chi connectivity index (χ0) is 42.4. The summed E-state index contributed by atoms with van der Waals surface area (Å²) in [6.07, 6.45) is 1.97. The summed E-state index contributed by atoms with van der Waals surface area (Å²) in [7, 11) is -3.97. The first-order valence-electron chi connectivity index (χ1n) is 19.8. The van der Waals surface area contributed by atoms with Crippen molar-refractivity contribution in [2.75, 3.05) is 6.54 Å². The van der Waals surface area contributed by atoms with Gasteiger partial charge in [-0.3, -0.25) is 19.1 Å². The van der Waals surface area contributed by atoms with Gasteiger partial charge in [0.05, 0.1) is 17.9 Å². The molecule has 58 heavy (non-hydrogen) atoms. The molecule has 7 atom stereocenters. The summed E-state index contributed by atoms with van der Waals surface area (Å²) < 4.78 is 81.5. The van der Waals surface area contributed by atoms with Gasteiger partial charge in [-0.2, -0.15) is 13.2 Å². The molecule has 3 fully saturated rings. The maximum atomic E-state index is 14.8. The zero-order valence-electron chi connectivity index (χ0n) is 33.5. The van der Waals surface area contributed by atoms with Crippen LogP contribution in [0.25, 0.3) is 10.8 Å². The number of allylic oxidation sites excluding steroid dienone is 1. The second kappa shape index (κ2) is 16.2. The Bertz CT molecular complexity index is 2060. The van der Waals surface area contributed by atoms with Gasteiger partial charge in [-0.25, -0.2) is 18.2 Å². The van der Waals surface area contributed by atoms with E-state index in [-0.39, 0.29) is 37.3 Å². The van der Waals surface area contributed by atoms with E-state index in [1.807, 2.05) is 38.2 Å². The molecule has 14 nitrogen and oxygen atoms in total. The maximum absolute atomic E-state index is 14.8. The third-order valence-corrected chi connectivity index (χ3v) is 13.2.